The highest BCUT2D eigenvalue weighted by Crippen LogP contribution is 2.40. The molecule has 2 aromatic carbocycles. The molecule has 5 nitrogen and oxygen atoms in total. The van der Waals surface area contributed by atoms with E-state index in [1.165, 1.54) is 11.3 Å². The lowest BCUT2D eigenvalue weighted by molar-refractivity contribution is 0.0521. The molecule has 142 valence electrons. The summed E-state index contributed by atoms with van der Waals surface area (Å²) >= 11 is 14.0. The van der Waals surface area contributed by atoms with Crippen LogP contribution in [0.25, 0.3) is 22.2 Å². The Kier molecular flexibility index (Phi) is 5.26. The second-order valence-electron chi connectivity index (χ2n) is 5.93. The first-order valence-corrected chi connectivity index (χ1v) is 10.2. The number of carbonyl (C=O) groups is 1. The summed E-state index contributed by atoms with van der Waals surface area (Å²) < 4.78 is 5.21. The Labute approximate surface area is 175 Å². The number of hydrogen-bond donors (Lipinski definition) is 2. The summed E-state index contributed by atoms with van der Waals surface area (Å²) in [6.45, 7) is 2.02. The first-order valence-electron chi connectivity index (χ1n) is 8.52. The minimum Gasteiger partial charge on any atom is -0.461 e. The molecule has 0 aliphatic heterocycles. The lowest BCUT2D eigenvalue weighted by Gasteiger charge is -2.04. The van der Waals surface area contributed by atoms with E-state index in [1.807, 2.05) is 35.7 Å². The molecular formula is C20H15Cl2N3O2S. The van der Waals surface area contributed by atoms with E-state index < -0.39 is 5.97 Å². The standard InChI is InChI=1S/C20H15Cl2N3O2S/c1-2-27-19(26)18-17(16-13(22)8-11(21)9-14(16)24-18)15-10-28-20(25-15)23-12-6-4-3-5-7-12/h3-10,24H,2H2,1H3,(H,23,25). The molecule has 2 N–H and O–H groups in total. The van der Waals surface area contributed by atoms with Crippen LogP contribution in [0.2, 0.25) is 10.0 Å². The van der Waals surface area contributed by atoms with Crippen LogP contribution in [-0.4, -0.2) is 22.5 Å². The maximum Gasteiger partial charge on any atom is 0.355 e. The molecule has 4 aromatic rings. The fourth-order valence-corrected chi connectivity index (χ4v) is 4.26. The average molecular weight is 432 g/mol. The van der Waals surface area contributed by atoms with Gasteiger partial charge < -0.3 is 15.0 Å². The first kappa shape index (κ1) is 18.8. The summed E-state index contributed by atoms with van der Waals surface area (Å²) in [4.78, 5) is 20.3. The maximum atomic E-state index is 12.5. The number of aromatic amines is 1. The zero-order chi connectivity index (χ0) is 19.7. The van der Waals surface area contributed by atoms with Crippen LogP contribution in [0.3, 0.4) is 0 Å². The maximum absolute atomic E-state index is 12.5. The molecule has 8 heteroatoms. The summed E-state index contributed by atoms with van der Waals surface area (Å²) in [5.41, 5.74) is 3.12. The number of para-hydroxylation sites is 1. The summed E-state index contributed by atoms with van der Waals surface area (Å²) in [5, 5.41) is 7.44. The molecule has 0 spiro atoms. The molecule has 0 aliphatic rings. The first-order chi connectivity index (χ1) is 13.6. The SMILES string of the molecule is CCOC(=O)c1[nH]c2cc(Cl)cc(Cl)c2c1-c1csc(Nc2ccccc2)n1. The van der Waals surface area contributed by atoms with E-state index in [0.717, 1.165) is 5.69 Å². The van der Waals surface area contributed by atoms with Gasteiger partial charge in [0.2, 0.25) is 0 Å². The highest BCUT2D eigenvalue weighted by Gasteiger charge is 2.24. The number of nitrogens with zero attached hydrogens (tertiary/aromatic N) is 1. The van der Waals surface area contributed by atoms with E-state index in [9.17, 15) is 4.79 Å². The monoisotopic (exact) mass is 431 g/mol. The molecule has 0 aliphatic carbocycles. The number of fused-ring (bicyclic) bond motifs is 1. The Balaban J connectivity index is 1.83. The molecule has 0 saturated heterocycles. The second kappa shape index (κ2) is 7.83. The van der Waals surface area contributed by atoms with Crippen molar-refractivity contribution in [3.8, 4) is 11.3 Å². The third kappa shape index (κ3) is 3.58. The molecule has 0 bridgehead atoms. The quantitative estimate of drug-likeness (QED) is 0.353. The molecule has 2 aromatic heterocycles. The Morgan fingerprint density at radius 2 is 2.04 bits per heavy atom. The van der Waals surface area contributed by atoms with Crippen molar-refractivity contribution in [3.63, 3.8) is 0 Å². The van der Waals surface area contributed by atoms with Crippen molar-refractivity contribution in [1.82, 2.24) is 9.97 Å². The van der Waals surface area contributed by atoms with Gasteiger partial charge in [0.05, 0.1) is 17.3 Å². The Hall–Kier alpha value is -2.54. The van der Waals surface area contributed by atoms with Crippen LogP contribution >= 0.6 is 34.5 Å². The van der Waals surface area contributed by atoms with Gasteiger partial charge in [0.25, 0.3) is 0 Å². The molecule has 4 rings (SSSR count). The molecule has 0 unspecified atom stereocenters. The second-order valence-corrected chi connectivity index (χ2v) is 7.64. The van der Waals surface area contributed by atoms with Gasteiger partial charge in [0.1, 0.15) is 5.69 Å². The van der Waals surface area contributed by atoms with Gasteiger partial charge >= 0.3 is 5.97 Å². The lowest BCUT2D eigenvalue weighted by atomic mass is 10.1. The summed E-state index contributed by atoms with van der Waals surface area (Å²) in [7, 11) is 0. The zero-order valence-electron chi connectivity index (χ0n) is 14.8. The third-order valence-corrected chi connectivity index (χ3v) is 5.35. The number of halogens is 2. The van der Waals surface area contributed by atoms with Crippen molar-refractivity contribution in [2.45, 2.75) is 6.92 Å². The van der Waals surface area contributed by atoms with E-state index in [4.69, 9.17) is 27.9 Å². The highest BCUT2D eigenvalue weighted by molar-refractivity contribution is 7.14. The van der Waals surface area contributed by atoms with Gasteiger partial charge in [0, 0.05) is 32.6 Å². The van der Waals surface area contributed by atoms with Crippen molar-refractivity contribution in [1.29, 1.82) is 0 Å². The topological polar surface area (TPSA) is 67.0 Å². The Bertz CT molecular complexity index is 1160. The number of H-pyrrole nitrogens is 1. The largest absolute Gasteiger partial charge is 0.461 e. The molecule has 0 atom stereocenters. The van der Waals surface area contributed by atoms with Crippen LogP contribution < -0.4 is 5.32 Å². The number of thiazole rings is 1. The van der Waals surface area contributed by atoms with Crippen molar-refractivity contribution in [2.24, 2.45) is 0 Å². The van der Waals surface area contributed by atoms with Crippen molar-refractivity contribution in [2.75, 3.05) is 11.9 Å². The average Bonchev–Trinajstić information content (AvgIpc) is 3.27. The number of hydrogen-bond acceptors (Lipinski definition) is 5. The van der Waals surface area contributed by atoms with Crippen LogP contribution in [0, 0.1) is 0 Å². The smallest absolute Gasteiger partial charge is 0.355 e. The van der Waals surface area contributed by atoms with Gasteiger partial charge in [-0.15, -0.1) is 11.3 Å². The van der Waals surface area contributed by atoms with Crippen LogP contribution in [0.4, 0.5) is 10.8 Å². The molecule has 0 fully saturated rings. The predicted octanol–water partition coefficient (Wildman–Crippen LogP) is 6.52. The van der Waals surface area contributed by atoms with Crippen molar-refractivity contribution in [3.05, 3.63) is 63.6 Å². The third-order valence-electron chi connectivity index (χ3n) is 4.08. The van der Waals surface area contributed by atoms with Crippen LogP contribution in [0.15, 0.2) is 47.8 Å². The number of carbonyl (C=O) groups excluding carboxylic acids is 1. The number of rotatable bonds is 5. The molecule has 0 saturated carbocycles. The number of aromatic nitrogens is 2. The van der Waals surface area contributed by atoms with E-state index >= 15 is 0 Å². The van der Waals surface area contributed by atoms with Gasteiger partial charge in [-0.25, -0.2) is 9.78 Å². The van der Waals surface area contributed by atoms with Gasteiger partial charge in [-0.2, -0.15) is 0 Å². The summed E-state index contributed by atoms with van der Waals surface area (Å²) in [5.74, 6) is -0.466. The fourth-order valence-electron chi connectivity index (χ4n) is 2.95. The Morgan fingerprint density at radius 3 is 2.79 bits per heavy atom. The van der Waals surface area contributed by atoms with Crippen LogP contribution in [0.1, 0.15) is 17.4 Å². The lowest BCUT2D eigenvalue weighted by Crippen LogP contribution is -2.06. The number of benzene rings is 2. The van der Waals surface area contributed by atoms with E-state index in [-0.39, 0.29) is 6.61 Å². The normalized spacial score (nSPS) is 11.0. The molecule has 2 heterocycles. The minimum atomic E-state index is -0.466. The molecule has 28 heavy (non-hydrogen) atoms. The van der Waals surface area contributed by atoms with E-state index in [2.05, 4.69) is 15.3 Å². The van der Waals surface area contributed by atoms with Crippen LogP contribution in [0.5, 0.6) is 0 Å². The number of nitrogens with one attached hydrogen (secondary N) is 2. The van der Waals surface area contributed by atoms with Crippen LogP contribution in [-0.2, 0) is 4.74 Å². The molecule has 0 amide bonds. The van der Waals surface area contributed by atoms with E-state index in [0.29, 0.717) is 43.0 Å². The molecular weight excluding hydrogens is 417 g/mol. The fraction of sp³-hybridized carbons (Fsp3) is 0.100. The molecule has 0 radical (unpaired) electrons. The van der Waals surface area contributed by atoms with Gasteiger partial charge in [-0.05, 0) is 31.2 Å². The van der Waals surface area contributed by atoms with Gasteiger partial charge in [-0.1, -0.05) is 41.4 Å². The Morgan fingerprint density at radius 1 is 1.25 bits per heavy atom. The summed E-state index contributed by atoms with van der Waals surface area (Å²) in [6.07, 6.45) is 0. The van der Waals surface area contributed by atoms with Crippen molar-refractivity contribution >= 4 is 62.2 Å². The summed E-state index contributed by atoms with van der Waals surface area (Å²) in [6, 6.07) is 13.1. The van der Waals surface area contributed by atoms with Gasteiger partial charge in [-0.3, -0.25) is 0 Å². The zero-order valence-corrected chi connectivity index (χ0v) is 17.1. The van der Waals surface area contributed by atoms with E-state index in [1.54, 1.807) is 19.1 Å². The number of ether oxygens (including phenoxy) is 1. The van der Waals surface area contributed by atoms with Crippen molar-refractivity contribution < 1.29 is 9.53 Å². The predicted molar refractivity (Wildman–Crippen MR) is 115 cm³/mol. The minimum absolute atomic E-state index is 0.264. The van der Waals surface area contributed by atoms with Gasteiger partial charge in [0.15, 0.2) is 5.13 Å². The number of anilines is 2. The highest BCUT2D eigenvalue weighted by atomic mass is 35.5. The number of esters is 1.